The maximum Gasteiger partial charge on any atom is 0.0367 e. The van der Waals surface area contributed by atoms with Crippen molar-refractivity contribution in [1.82, 2.24) is 24.5 Å². The Morgan fingerprint density at radius 2 is 0.875 bits per heavy atom. The van der Waals surface area contributed by atoms with Gasteiger partial charge in [0.1, 0.15) is 0 Å². The van der Waals surface area contributed by atoms with Gasteiger partial charge >= 0.3 is 0 Å². The molecule has 4 aromatic rings. The van der Waals surface area contributed by atoms with E-state index in [1.54, 1.807) is 0 Å². The molecule has 4 atom stereocenters. The van der Waals surface area contributed by atoms with Crippen LogP contribution in [0.2, 0.25) is 0 Å². The maximum absolute atomic E-state index is 2.69. The molecule has 8 heteroatoms. The number of piperidine rings is 1. The first-order chi connectivity index (χ1) is 30.3. The Kier molecular flexibility index (Phi) is 20.0. The van der Waals surface area contributed by atoms with Crippen molar-refractivity contribution >= 4 is 17.1 Å². The quantitative estimate of drug-likeness (QED) is 0.196. The molecular weight excluding hydrogens is 785 g/mol. The lowest BCUT2D eigenvalue weighted by molar-refractivity contribution is 0.133. The first-order valence-corrected chi connectivity index (χ1v) is 24.4. The molecule has 5 saturated heterocycles. The van der Waals surface area contributed by atoms with Crippen LogP contribution in [0.3, 0.4) is 0 Å². The van der Waals surface area contributed by atoms with Crippen molar-refractivity contribution in [3.05, 3.63) is 125 Å². The van der Waals surface area contributed by atoms with Crippen molar-refractivity contribution in [3.63, 3.8) is 0 Å². The van der Waals surface area contributed by atoms with Crippen LogP contribution >= 0.6 is 0 Å². The van der Waals surface area contributed by atoms with E-state index in [-0.39, 0.29) is 7.43 Å². The lowest BCUT2D eigenvalue weighted by Gasteiger charge is -2.45. The van der Waals surface area contributed by atoms with Crippen LogP contribution in [0.4, 0.5) is 17.1 Å². The van der Waals surface area contributed by atoms with Gasteiger partial charge < -0.3 is 24.5 Å². The van der Waals surface area contributed by atoms with E-state index in [1.807, 2.05) is 0 Å². The molecule has 5 aliphatic heterocycles. The maximum atomic E-state index is 2.69. The Bertz CT molecular complexity index is 1880. The van der Waals surface area contributed by atoms with Crippen LogP contribution in [-0.2, 0) is 6.54 Å². The lowest BCUT2D eigenvalue weighted by atomic mass is 9.99. The summed E-state index contributed by atoms with van der Waals surface area (Å²) in [7, 11) is 6.63. The average molecular weight is 873 g/mol. The van der Waals surface area contributed by atoms with E-state index in [0.29, 0.717) is 18.1 Å². The minimum absolute atomic E-state index is 0. The van der Waals surface area contributed by atoms with Gasteiger partial charge in [0.15, 0.2) is 0 Å². The SMILES string of the molecule is C.Cc1ccc(CN2CCN(C)CC2)cc1.Cc1ccc(N2CC(C)N(C)C(C)C2)cc1.Cc1ccc(N2CCN(C)C(C)C2)cc1.Cc1ccc(N2CCN3CCCCC3C2)cc1. The van der Waals surface area contributed by atoms with Crippen LogP contribution in [-0.4, -0.2) is 155 Å². The Balaban J connectivity index is 0.000000160. The monoisotopic (exact) mass is 873 g/mol. The van der Waals surface area contributed by atoms with Crippen molar-refractivity contribution in [2.45, 2.75) is 106 Å². The Labute approximate surface area is 391 Å². The standard InChI is InChI=1S/C15H22N2.C14H22N2.2C13H20N2.CH4/c1-13-5-7-14(8-6-13)17-11-10-16-9-3-2-4-15(16)12-17;1-11-5-7-14(8-6-11)16-9-12(2)15(4)13(3)10-16;1-11-4-6-13(7-5-11)15-9-8-14(3)12(2)10-15;1-12-3-5-13(6-4-12)11-15-9-7-14(2)8-10-15;/h5-8,15H,2-4,9-12H2,1H3;5-8,12-13H,9-10H2,1-4H3;4-7,12H,8-10H2,1-3H3;3-6H,7-11H2,1-2H3;1H4. The molecular formula is C56H88N8. The van der Waals surface area contributed by atoms with Crippen molar-refractivity contribution in [2.24, 2.45) is 0 Å². The summed E-state index contributed by atoms with van der Waals surface area (Å²) in [6.45, 7) is 32.1. The molecule has 5 fully saturated rings. The number of hydrogen-bond donors (Lipinski definition) is 0. The summed E-state index contributed by atoms with van der Waals surface area (Å²) in [4.78, 5) is 20.0. The van der Waals surface area contributed by atoms with Gasteiger partial charge in [-0.05, 0) is 131 Å². The van der Waals surface area contributed by atoms with Gasteiger partial charge in [-0.15, -0.1) is 0 Å². The molecule has 9 rings (SSSR count). The van der Waals surface area contributed by atoms with Crippen molar-refractivity contribution < 1.29 is 0 Å². The number of anilines is 3. The van der Waals surface area contributed by atoms with E-state index in [2.05, 4.69) is 206 Å². The summed E-state index contributed by atoms with van der Waals surface area (Å²) in [5.41, 5.74) is 10.9. The highest BCUT2D eigenvalue weighted by molar-refractivity contribution is 5.50. The summed E-state index contributed by atoms with van der Waals surface area (Å²) in [6.07, 6.45) is 4.21. The number of rotatable bonds is 5. The first-order valence-electron chi connectivity index (χ1n) is 24.4. The lowest BCUT2D eigenvalue weighted by Crippen LogP contribution is -2.55. The molecule has 352 valence electrons. The zero-order valence-corrected chi connectivity index (χ0v) is 41.1. The molecule has 4 unspecified atom stereocenters. The number of hydrogen-bond acceptors (Lipinski definition) is 8. The molecule has 0 aromatic heterocycles. The summed E-state index contributed by atoms with van der Waals surface area (Å²) in [5, 5.41) is 0. The molecule has 0 aliphatic carbocycles. The summed E-state index contributed by atoms with van der Waals surface area (Å²) in [5.74, 6) is 0. The topological polar surface area (TPSA) is 25.9 Å². The second-order valence-corrected chi connectivity index (χ2v) is 19.7. The van der Waals surface area contributed by atoms with Crippen LogP contribution in [0.25, 0.3) is 0 Å². The van der Waals surface area contributed by atoms with Crippen LogP contribution in [0.1, 0.15) is 75.3 Å². The third-order valence-electron chi connectivity index (χ3n) is 14.5. The van der Waals surface area contributed by atoms with Crippen LogP contribution < -0.4 is 14.7 Å². The minimum atomic E-state index is 0. The minimum Gasteiger partial charge on any atom is -0.369 e. The van der Waals surface area contributed by atoms with Gasteiger partial charge in [-0.1, -0.05) is 96.8 Å². The number of likely N-dealkylation sites (N-methyl/N-ethyl adjacent to an activating group) is 3. The molecule has 0 N–H and O–H groups in total. The predicted molar refractivity (Wildman–Crippen MR) is 279 cm³/mol. The van der Waals surface area contributed by atoms with Crippen LogP contribution in [0, 0.1) is 27.7 Å². The van der Waals surface area contributed by atoms with Crippen molar-refractivity contribution in [3.8, 4) is 0 Å². The fraction of sp³-hybridized carbons (Fsp3) is 0.571. The van der Waals surface area contributed by atoms with Crippen molar-refractivity contribution in [1.29, 1.82) is 0 Å². The molecule has 64 heavy (non-hydrogen) atoms. The number of fused-ring (bicyclic) bond motifs is 1. The third kappa shape index (κ3) is 15.3. The largest absolute Gasteiger partial charge is 0.369 e. The van der Waals surface area contributed by atoms with Gasteiger partial charge in [-0.2, -0.15) is 0 Å². The average Bonchev–Trinajstić information content (AvgIpc) is 3.29. The highest BCUT2D eigenvalue weighted by Crippen LogP contribution is 2.26. The van der Waals surface area contributed by atoms with E-state index >= 15 is 0 Å². The fourth-order valence-corrected chi connectivity index (χ4v) is 9.51. The zero-order chi connectivity index (χ0) is 44.9. The number of piperazine rings is 4. The molecule has 5 heterocycles. The molecule has 0 saturated carbocycles. The number of benzene rings is 4. The van der Waals surface area contributed by atoms with Gasteiger partial charge in [0.25, 0.3) is 0 Å². The molecule has 0 spiro atoms. The van der Waals surface area contributed by atoms with Gasteiger partial charge in [0.2, 0.25) is 0 Å². The molecule has 4 aromatic carbocycles. The first kappa shape index (κ1) is 51.1. The molecule has 5 aliphatic rings. The summed E-state index contributed by atoms with van der Waals surface area (Å²) in [6, 6.07) is 38.3. The van der Waals surface area contributed by atoms with Gasteiger partial charge in [-0.25, -0.2) is 0 Å². The molecule has 0 radical (unpaired) electrons. The van der Waals surface area contributed by atoms with E-state index in [1.165, 1.54) is 116 Å². The Morgan fingerprint density at radius 3 is 1.38 bits per heavy atom. The summed E-state index contributed by atoms with van der Waals surface area (Å²) < 4.78 is 0. The van der Waals surface area contributed by atoms with E-state index in [0.717, 1.165) is 45.3 Å². The zero-order valence-electron chi connectivity index (χ0n) is 41.1. The van der Waals surface area contributed by atoms with Gasteiger partial charge in [-0.3, -0.25) is 14.7 Å². The van der Waals surface area contributed by atoms with E-state index in [9.17, 15) is 0 Å². The number of aryl methyl sites for hydroxylation is 4. The van der Waals surface area contributed by atoms with Gasteiger partial charge in [0.05, 0.1) is 0 Å². The Morgan fingerprint density at radius 1 is 0.438 bits per heavy atom. The van der Waals surface area contributed by atoms with Crippen LogP contribution in [0.15, 0.2) is 97.1 Å². The van der Waals surface area contributed by atoms with Crippen LogP contribution in [0.5, 0.6) is 0 Å². The fourth-order valence-electron chi connectivity index (χ4n) is 9.51. The smallest absolute Gasteiger partial charge is 0.0367 e. The summed E-state index contributed by atoms with van der Waals surface area (Å²) >= 11 is 0. The van der Waals surface area contributed by atoms with E-state index < -0.39 is 0 Å². The van der Waals surface area contributed by atoms with E-state index in [4.69, 9.17) is 0 Å². The highest BCUT2D eigenvalue weighted by atomic mass is 15.3. The second-order valence-electron chi connectivity index (χ2n) is 19.7. The second kappa shape index (κ2) is 25.1. The van der Waals surface area contributed by atoms with Crippen molar-refractivity contribution in [2.75, 3.05) is 121 Å². The normalized spacial score (nSPS) is 23.6. The molecule has 8 nitrogen and oxygen atoms in total. The van der Waals surface area contributed by atoms with Gasteiger partial charge in [0, 0.05) is 126 Å². The number of nitrogens with zero attached hydrogens (tertiary/aromatic N) is 8. The highest BCUT2D eigenvalue weighted by Gasteiger charge is 2.29. The predicted octanol–water partition coefficient (Wildman–Crippen LogP) is 9.71. The molecule has 0 bridgehead atoms. The third-order valence-corrected chi connectivity index (χ3v) is 14.5. The Hall–Kier alpha value is -3.92. The molecule has 0 amide bonds.